The maximum atomic E-state index is 12.2. The molecule has 1 aromatic rings. The maximum absolute atomic E-state index is 12.2. The summed E-state index contributed by atoms with van der Waals surface area (Å²) < 4.78 is 11.9. The van der Waals surface area contributed by atoms with Gasteiger partial charge in [0.2, 0.25) is 0 Å². The summed E-state index contributed by atoms with van der Waals surface area (Å²) in [6, 6.07) is 6.99. The monoisotopic (exact) mass is 340 g/mol. The van der Waals surface area contributed by atoms with Crippen LogP contribution < -0.4 is 10.6 Å². The summed E-state index contributed by atoms with van der Waals surface area (Å²) in [6.07, 6.45) is 1.01. The van der Waals surface area contributed by atoms with Gasteiger partial charge in [-0.1, -0.05) is 25.5 Å². The fraction of sp³-hybridized carbons (Fsp3) is 0.588. The number of aliphatic hydroxyl groups is 1. The highest BCUT2D eigenvalue weighted by atomic mass is 32.2. The minimum Gasteiger partial charge on any atom is -0.391 e. The molecular weight excluding hydrogens is 312 g/mol. The molecule has 0 saturated carbocycles. The number of urea groups is 1. The largest absolute Gasteiger partial charge is 0.391 e. The number of hydrogen-bond donors (Lipinski definition) is 3. The van der Waals surface area contributed by atoms with Gasteiger partial charge in [-0.25, -0.2) is 4.79 Å². The van der Waals surface area contributed by atoms with E-state index in [4.69, 9.17) is 0 Å². The standard InChI is InChI=1S/C17H28N2O3S/c1-5-7-15(20)11-18-16(21)19-14-9-6-8-13(10-14)12-23(22)17(2,3)4/h6,8-10,15,20H,5,7,11-12H2,1-4H3,(H2,18,19,21). The second-order valence-corrected chi connectivity index (χ2v) is 8.78. The summed E-state index contributed by atoms with van der Waals surface area (Å²) in [4.78, 5) is 11.8. The van der Waals surface area contributed by atoms with E-state index in [9.17, 15) is 14.1 Å². The molecule has 0 aliphatic carbocycles. The van der Waals surface area contributed by atoms with E-state index in [1.54, 1.807) is 6.07 Å². The van der Waals surface area contributed by atoms with E-state index < -0.39 is 16.9 Å². The van der Waals surface area contributed by atoms with Crippen molar-refractivity contribution in [2.75, 3.05) is 11.9 Å². The van der Waals surface area contributed by atoms with Gasteiger partial charge in [-0.2, -0.15) is 0 Å². The van der Waals surface area contributed by atoms with E-state index in [2.05, 4.69) is 10.6 Å². The molecule has 130 valence electrons. The summed E-state index contributed by atoms with van der Waals surface area (Å²) >= 11 is 0. The lowest BCUT2D eigenvalue weighted by Gasteiger charge is -2.18. The zero-order valence-corrected chi connectivity index (χ0v) is 15.2. The molecule has 6 heteroatoms. The third kappa shape index (κ3) is 7.61. The van der Waals surface area contributed by atoms with Gasteiger partial charge in [0.25, 0.3) is 0 Å². The Morgan fingerprint density at radius 2 is 2.04 bits per heavy atom. The molecule has 3 N–H and O–H groups in total. The van der Waals surface area contributed by atoms with Gasteiger partial charge in [0, 0.05) is 33.5 Å². The van der Waals surface area contributed by atoms with Crippen LogP contribution in [0.4, 0.5) is 10.5 Å². The molecule has 1 rings (SSSR count). The fourth-order valence-electron chi connectivity index (χ4n) is 1.93. The maximum Gasteiger partial charge on any atom is 0.319 e. The summed E-state index contributed by atoms with van der Waals surface area (Å²) in [7, 11) is -0.983. The van der Waals surface area contributed by atoms with Crippen molar-refractivity contribution >= 4 is 22.5 Å². The Balaban J connectivity index is 2.56. The van der Waals surface area contributed by atoms with Crippen LogP contribution >= 0.6 is 0 Å². The highest BCUT2D eigenvalue weighted by Crippen LogP contribution is 2.18. The van der Waals surface area contributed by atoms with Gasteiger partial charge < -0.3 is 15.7 Å². The van der Waals surface area contributed by atoms with Crippen LogP contribution in [0.15, 0.2) is 24.3 Å². The molecule has 23 heavy (non-hydrogen) atoms. The number of anilines is 1. The summed E-state index contributed by atoms with van der Waals surface area (Å²) in [5.41, 5.74) is 1.57. The van der Waals surface area contributed by atoms with Crippen molar-refractivity contribution in [1.82, 2.24) is 5.32 Å². The van der Waals surface area contributed by atoms with E-state index in [0.717, 1.165) is 12.0 Å². The second kappa shape index (κ2) is 9.03. The lowest BCUT2D eigenvalue weighted by Crippen LogP contribution is -2.35. The Labute approximate surface area is 141 Å². The Morgan fingerprint density at radius 3 is 2.65 bits per heavy atom. The molecule has 0 heterocycles. The smallest absolute Gasteiger partial charge is 0.319 e. The van der Waals surface area contributed by atoms with Gasteiger partial charge in [-0.05, 0) is 44.9 Å². The normalized spacial score (nSPS) is 14.1. The molecule has 0 aliphatic rings. The van der Waals surface area contributed by atoms with Crippen molar-refractivity contribution < 1.29 is 14.1 Å². The Morgan fingerprint density at radius 1 is 1.35 bits per heavy atom. The number of rotatable bonds is 7. The van der Waals surface area contributed by atoms with Gasteiger partial charge in [0.05, 0.1) is 6.10 Å². The third-order valence-corrected chi connectivity index (χ3v) is 5.25. The van der Waals surface area contributed by atoms with E-state index in [-0.39, 0.29) is 17.3 Å². The van der Waals surface area contributed by atoms with E-state index in [0.29, 0.717) is 17.9 Å². The average molecular weight is 340 g/mol. The SMILES string of the molecule is CCCC(O)CNC(=O)Nc1cccc(CS(=O)C(C)(C)C)c1. The average Bonchev–Trinajstić information content (AvgIpc) is 2.45. The minimum absolute atomic E-state index is 0.230. The van der Waals surface area contributed by atoms with Gasteiger partial charge in [-0.3, -0.25) is 4.21 Å². The molecule has 0 spiro atoms. The van der Waals surface area contributed by atoms with Crippen molar-refractivity contribution in [2.45, 2.75) is 57.1 Å². The molecule has 0 aromatic heterocycles. The van der Waals surface area contributed by atoms with Crippen LogP contribution in [0.1, 0.15) is 46.1 Å². The van der Waals surface area contributed by atoms with Gasteiger partial charge in [0.1, 0.15) is 0 Å². The summed E-state index contributed by atoms with van der Waals surface area (Å²) in [5.74, 6) is 0.454. The molecule has 5 nitrogen and oxygen atoms in total. The number of amides is 2. The first-order valence-corrected chi connectivity index (χ1v) is 9.24. The molecule has 2 atom stereocenters. The Bertz CT molecular complexity index is 541. The number of carbonyl (C=O) groups excluding carboxylic acids is 1. The minimum atomic E-state index is -0.983. The van der Waals surface area contributed by atoms with Crippen LogP contribution in [0.3, 0.4) is 0 Å². The van der Waals surface area contributed by atoms with E-state index in [1.165, 1.54) is 0 Å². The molecular formula is C17H28N2O3S. The highest BCUT2D eigenvalue weighted by Gasteiger charge is 2.19. The number of carbonyl (C=O) groups is 1. The quantitative estimate of drug-likeness (QED) is 0.714. The van der Waals surface area contributed by atoms with Crippen molar-refractivity contribution in [3.05, 3.63) is 29.8 Å². The van der Waals surface area contributed by atoms with Crippen LogP contribution in [0, 0.1) is 0 Å². The molecule has 1 aromatic carbocycles. The number of nitrogens with one attached hydrogen (secondary N) is 2. The number of aliphatic hydroxyl groups excluding tert-OH is 1. The van der Waals surface area contributed by atoms with Crippen LogP contribution in [0.5, 0.6) is 0 Å². The first-order valence-electron chi connectivity index (χ1n) is 7.92. The molecule has 0 aliphatic heterocycles. The van der Waals surface area contributed by atoms with Crippen molar-refractivity contribution in [2.24, 2.45) is 0 Å². The molecule has 2 amide bonds. The van der Waals surface area contributed by atoms with Crippen molar-refractivity contribution in [3.63, 3.8) is 0 Å². The van der Waals surface area contributed by atoms with Gasteiger partial charge in [-0.15, -0.1) is 0 Å². The van der Waals surface area contributed by atoms with Crippen molar-refractivity contribution in [3.8, 4) is 0 Å². The van der Waals surface area contributed by atoms with Crippen LogP contribution in [-0.2, 0) is 16.6 Å². The van der Waals surface area contributed by atoms with Gasteiger partial charge in [0.15, 0.2) is 0 Å². The van der Waals surface area contributed by atoms with Crippen LogP contribution in [0.25, 0.3) is 0 Å². The van der Waals surface area contributed by atoms with Crippen molar-refractivity contribution in [1.29, 1.82) is 0 Å². The fourth-order valence-corrected chi connectivity index (χ4v) is 2.84. The molecule has 0 saturated heterocycles. The predicted octanol–water partition coefficient (Wildman–Crippen LogP) is 3.02. The van der Waals surface area contributed by atoms with Gasteiger partial charge >= 0.3 is 6.03 Å². The molecule has 2 unspecified atom stereocenters. The second-order valence-electron chi connectivity index (χ2n) is 6.58. The first-order chi connectivity index (χ1) is 10.7. The molecule has 0 radical (unpaired) electrons. The summed E-state index contributed by atoms with van der Waals surface area (Å²) in [6.45, 7) is 8.05. The Hall–Kier alpha value is -1.40. The third-order valence-electron chi connectivity index (χ3n) is 3.29. The predicted molar refractivity (Wildman–Crippen MR) is 96.0 cm³/mol. The van der Waals surface area contributed by atoms with E-state index >= 15 is 0 Å². The van der Waals surface area contributed by atoms with Crippen LogP contribution in [-0.4, -0.2) is 32.7 Å². The number of hydrogen-bond acceptors (Lipinski definition) is 3. The van der Waals surface area contributed by atoms with E-state index in [1.807, 2.05) is 45.9 Å². The zero-order chi connectivity index (χ0) is 17.5. The summed E-state index contributed by atoms with van der Waals surface area (Å²) in [5, 5.41) is 15.0. The molecule has 0 bridgehead atoms. The number of benzene rings is 1. The lowest BCUT2D eigenvalue weighted by molar-refractivity contribution is 0.162. The highest BCUT2D eigenvalue weighted by molar-refractivity contribution is 7.85. The first kappa shape index (κ1) is 19.6. The Kier molecular flexibility index (Phi) is 7.72. The zero-order valence-electron chi connectivity index (χ0n) is 14.4. The van der Waals surface area contributed by atoms with Crippen LogP contribution in [0.2, 0.25) is 0 Å². The lowest BCUT2D eigenvalue weighted by atomic mass is 10.2. The topological polar surface area (TPSA) is 78.4 Å². The molecule has 0 fully saturated rings.